The Kier molecular flexibility index (Phi) is 6.42. The van der Waals surface area contributed by atoms with Crippen LogP contribution in [-0.4, -0.2) is 76.0 Å². The molecular formula is C22H23F3N6O3. The highest BCUT2D eigenvalue weighted by molar-refractivity contribution is 6.05. The van der Waals surface area contributed by atoms with Gasteiger partial charge in [-0.1, -0.05) is 6.07 Å². The molecule has 3 heterocycles. The number of hydrogen-bond donors (Lipinski definition) is 1. The van der Waals surface area contributed by atoms with E-state index >= 15 is 0 Å². The number of pyridine rings is 1. The summed E-state index contributed by atoms with van der Waals surface area (Å²) in [6.07, 6.45) is -3.43. The van der Waals surface area contributed by atoms with Gasteiger partial charge in [-0.15, -0.1) is 13.2 Å². The SMILES string of the molecule is Cc1cccc(C(=O)Nc2cc3cn(CC(=O)N4CCN(C)CC4)nc3cc2OC(F)(F)F)n1. The van der Waals surface area contributed by atoms with Crippen LogP contribution in [0.4, 0.5) is 18.9 Å². The zero-order valence-corrected chi connectivity index (χ0v) is 18.6. The van der Waals surface area contributed by atoms with Crippen molar-refractivity contribution in [2.24, 2.45) is 0 Å². The summed E-state index contributed by atoms with van der Waals surface area (Å²) in [5.41, 5.74) is 0.632. The number of nitrogens with zero attached hydrogens (tertiary/aromatic N) is 5. The predicted molar refractivity (Wildman–Crippen MR) is 117 cm³/mol. The average Bonchev–Trinajstić information content (AvgIpc) is 3.14. The van der Waals surface area contributed by atoms with Gasteiger partial charge in [-0.05, 0) is 32.2 Å². The molecule has 0 bridgehead atoms. The minimum absolute atomic E-state index is 0.0477. The number of fused-ring (bicyclic) bond motifs is 1. The van der Waals surface area contributed by atoms with Gasteiger partial charge in [-0.25, -0.2) is 4.98 Å². The topological polar surface area (TPSA) is 92.6 Å². The molecule has 0 aliphatic carbocycles. The van der Waals surface area contributed by atoms with Crippen LogP contribution in [0.15, 0.2) is 36.5 Å². The first kappa shape index (κ1) is 23.5. The van der Waals surface area contributed by atoms with Crippen molar-refractivity contribution in [2.45, 2.75) is 19.8 Å². The molecule has 12 heteroatoms. The lowest BCUT2D eigenvalue weighted by molar-refractivity contribution is -0.274. The number of benzene rings is 1. The van der Waals surface area contributed by atoms with E-state index < -0.39 is 18.0 Å². The van der Waals surface area contributed by atoms with Gasteiger partial charge in [0, 0.05) is 49.5 Å². The minimum Gasteiger partial charge on any atom is -0.403 e. The smallest absolute Gasteiger partial charge is 0.403 e. The zero-order chi connectivity index (χ0) is 24.5. The second kappa shape index (κ2) is 9.29. The molecule has 180 valence electrons. The Balaban J connectivity index is 1.60. The number of hydrogen-bond acceptors (Lipinski definition) is 6. The number of rotatable bonds is 5. The molecule has 2 amide bonds. The highest BCUT2D eigenvalue weighted by atomic mass is 19.4. The van der Waals surface area contributed by atoms with Crippen LogP contribution in [0.2, 0.25) is 0 Å². The summed E-state index contributed by atoms with van der Waals surface area (Å²) in [5, 5.41) is 7.10. The number of alkyl halides is 3. The van der Waals surface area contributed by atoms with Crippen molar-refractivity contribution >= 4 is 28.4 Å². The van der Waals surface area contributed by atoms with E-state index in [1.165, 1.54) is 16.8 Å². The van der Waals surface area contributed by atoms with Crippen LogP contribution in [0.5, 0.6) is 5.75 Å². The summed E-state index contributed by atoms with van der Waals surface area (Å²) < 4.78 is 44.6. The van der Waals surface area contributed by atoms with Gasteiger partial charge in [0.05, 0.1) is 11.2 Å². The largest absolute Gasteiger partial charge is 0.573 e. The molecule has 9 nitrogen and oxygen atoms in total. The van der Waals surface area contributed by atoms with Crippen molar-refractivity contribution in [1.82, 2.24) is 24.6 Å². The zero-order valence-electron chi connectivity index (χ0n) is 18.6. The Bertz CT molecular complexity index is 1220. The van der Waals surface area contributed by atoms with Crippen molar-refractivity contribution < 1.29 is 27.5 Å². The maximum atomic E-state index is 13.0. The number of likely N-dealkylation sites (N-methyl/N-ethyl adjacent to an activating group) is 1. The number of nitrogens with one attached hydrogen (secondary N) is 1. The second-order valence-corrected chi connectivity index (χ2v) is 8.08. The van der Waals surface area contributed by atoms with E-state index in [9.17, 15) is 22.8 Å². The van der Waals surface area contributed by atoms with Gasteiger partial charge in [0.1, 0.15) is 12.2 Å². The van der Waals surface area contributed by atoms with E-state index in [1.807, 2.05) is 7.05 Å². The average molecular weight is 476 g/mol. The molecule has 1 saturated heterocycles. The molecule has 0 saturated carbocycles. The third kappa shape index (κ3) is 5.63. The summed E-state index contributed by atoms with van der Waals surface area (Å²) in [6, 6.07) is 7.17. The van der Waals surface area contributed by atoms with Gasteiger partial charge in [-0.3, -0.25) is 14.3 Å². The molecule has 1 N–H and O–H groups in total. The molecule has 1 aliphatic rings. The third-order valence-electron chi connectivity index (χ3n) is 5.40. The van der Waals surface area contributed by atoms with Gasteiger partial charge in [0.2, 0.25) is 5.91 Å². The Morgan fingerprint density at radius 3 is 2.56 bits per heavy atom. The molecule has 2 aromatic heterocycles. The first-order valence-corrected chi connectivity index (χ1v) is 10.6. The fourth-order valence-electron chi connectivity index (χ4n) is 3.64. The Labute approximate surface area is 193 Å². The summed E-state index contributed by atoms with van der Waals surface area (Å²) in [6.45, 7) is 4.38. The predicted octanol–water partition coefficient (Wildman–Crippen LogP) is 2.66. The number of halogens is 3. The van der Waals surface area contributed by atoms with Gasteiger partial charge in [-0.2, -0.15) is 5.10 Å². The van der Waals surface area contributed by atoms with Gasteiger partial charge in [0.25, 0.3) is 5.91 Å². The van der Waals surface area contributed by atoms with E-state index in [2.05, 4.69) is 25.0 Å². The maximum absolute atomic E-state index is 13.0. The van der Waals surface area contributed by atoms with Crippen molar-refractivity contribution in [1.29, 1.82) is 0 Å². The fourth-order valence-corrected chi connectivity index (χ4v) is 3.64. The molecule has 4 rings (SSSR count). The van der Waals surface area contributed by atoms with Crippen LogP contribution in [0.25, 0.3) is 10.9 Å². The van der Waals surface area contributed by atoms with Crippen LogP contribution < -0.4 is 10.1 Å². The van der Waals surface area contributed by atoms with E-state index in [1.54, 1.807) is 30.2 Å². The van der Waals surface area contributed by atoms with E-state index in [0.29, 0.717) is 24.2 Å². The van der Waals surface area contributed by atoms with Crippen LogP contribution >= 0.6 is 0 Å². The number of carbonyl (C=O) groups excluding carboxylic acids is 2. The standard InChI is InChI=1S/C22H23F3N6O3/c1-14-4-3-5-16(26-14)21(33)27-18-10-15-12-31(13-20(32)30-8-6-29(2)7-9-30)28-17(15)11-19(18)34-22(23,24)25/h3-5,10-12H,6-9,13H2,1-2H3,(H,27,33). The van der Waals surface area contributed by atoms with Gasteiger partial charge in [0.15, 0.2) is 5.75 Å². The molecule has 1 fully saturated rings. The van der Waals surface area contributed by atoms with Crippen molar-refractivity contribution in [3.8, 4) is 5.75 Å². The molecule has 1 aliphatic heterocycles. The van der Waals surface area contributed by atoms with Gasteiger partial charge < -0.3 is 19.9 Å². The Hall–Kier alpha value is -3.67. The number of carbonyl (C=O) groups is 2. The van der Waals surface area contributed by atoms with Crippen molar-refractivity contribution in [3.05, 3.63) is 47.9 Å². The molecule has 1 aromatic carbocycles. The monoisotopic (exact) mass is 476 g/mol. The lowest BCUT2D eigenvalue weighted by atomic mass is 10.2. The Morgan fingerprint density at radius 1 is 1.15 bits per heavy atom. The summed E-state index contributed by atoms with van der Waals surface area (Å²) in [5.74, 6) is -1.43. The number of piperazine rings is 1. The first-order valence-electron chi connectivity index (χ1n) is 10.6. The maximum Gasteiger partial charge on any atom is 0.573 e. The quantitative estimate of drug-likeness (QED) is 0.609. The lowest BCUT2D eigenvalue weighted by Gasteiger charge is -2.32. The number of ether oxygens (including phenoxy) is 1. The fraction of sp³-hybridized carbons (Fsp3) is 0.364. The molecule has 0 atom stereocenters. The van der Waals surface area contributed by atoms with Crippen LogP contribution in [0.3, 0.4) is 0 Å². The van der Waals surface area contributed by atoms with Crippen LogP contribution in [0.1, 0.15) is 16.2 Å². The summed E-state index contributed by atoms with van der Waals surface area (Å²) in [7, 11) is 1.98. The van der Waals surface area contributed by atoms with E-state index in [-0.39, 0.29) is 29.3 Å². The molecular weight excluding hydrogens is 453 g/mol. The lowest BCUT2D eigenvalue weighted by Crippen LogP contribution is -2.48. The Morgan fingerprint density at radius 2 is 1.88 bits per heavy atom. The third-order valence-corrected chi connectivity index (χ3v) is 5.40. The van der Waals surface area contributed by atoms with E-state index in [4.69, 9.17) is 0 Å². The molecule has 34 heavy (non-hydrogen) atoms. The highest BCUT2D eigenvalue weighted by Gasteiger charge is 2.33. The normalized spacial score (nSPS) is 14.9. The van der Waals surface area contributed by atoms with Crippen LogP contribution in [0, 0.1) is 6.92 Å². The van der Waals surface area contributed by atoms with Gasteiger partial charge >= 0.3 is 6.36 Å². The summed E-state index contributed by atoms with van der Waals surface area (Å²) in [4.78, 5) is 33.1. The number of anilines is 1. The molecule has 3 aromatic rings. The highest BCUT2D eigenvalue weighted by Crippen LogP contribution is 2.34. The van der Waals surface area contributed by atoms with E-state index in [0.717, 1.165) is 19.2 Å². The molecule has 0 radical (unpaired) electrons. The number of aromatic nitrogens is 3. The van der Waals surface area contributed by atoms with Crippen molar-refractivity contribution in [3.63, 3.8) is 0 Å². The number of amides is 2. The summed E-state index contributed by atoms with van der Waals surface area (Å²) >= 11 is 0. The first-order chi connectivity index (χ1) is 16.1. The molecule has 0 spiro atoms. The molecule has 0 unspecified atom stereocenters. The minimum atomic E-state index is -4.98. The number of aryl methyl sites for hydroxylation is 1. The van der Waals surface area contributed by atoms with Crippen LogP contribution in [-0.2, 0) is 11.3 Å². The second-order valence-electron chi connectivity index (χ2n) is 8.08. The van der Waals surface area contributed by atoms with Crippen molar-refractivity contribution in [2.75, 3.05) is 38.5 Å².